The van der Waals surface area contributed by atoms with Crippen LogP contribution in [0, 0.1) is 17.3 Å². The first kappa shape index (κ1) is 19.7. The van der Waals surface area contributed by atoms with Gasteiger partial charge in [0.05, 0.1) is 20.3 Å². The van der Waals surface area contributed by atoms with E-state index in [0.717, 1.165) is 36.3 Å². The van der Waals surface area contributed by atoms with Gasteiger partial charge >= 0.3 is 0 Å². The molecule has 3 heteroatoms. The second-order valence-corrected chi connectivity index (χ2v) is 9.62. The summed E-state index contributed by atoms with van der Waals surface area (Å²) in [4.78, 5) is 0. The molecule has 0 heterocycles. The molecule has 158 valence electrons. The average molecular weight is 405 g/mol. The van der Waals surface area contributed by atoms with Crippen molar-refractivity contribution in [1.82, 2.24) is 0 Å². The lowest BCUT2D eigenvalue weighted by Gasteiger charge is -2.49. The Hall–Kier alpha value is -2.26. The van der Waals surface area contributed by atoms with Crippen LogP contribution in [0.5, 0.6) is 11.5 Å². The van der Waals surface area contributed by atoms with Gasteiger partial charge in [0.2, 0.25) is 0 Å². The van der Waals surface area contributed by atoms with Gasteiger partial charge in [-0.3, -0.25) is 0 Å². The molecule has 1 N–H and O–H groups in total. The fourth-order valence-corrected chi connectivity index (χ4v) is 6.60. The first-order valence-corrected chi connectivity index (χ1v) is 11.2. The van der Waals surface area contributed by atoms with Crippen LogP contribution in [-0.2, 0) is 6.42 Å². The zero-order valence-electron chi connectivity index (χ0n) is 18.2. The fraction of sp³-hybridized carbons (Fsp3) is 0.481. The number of aliphatic hydroxyl groups excluding tert-OH is 1. The normalized spacial score (nSPS) is 33.5. The molecule has 2 fully saturated rings. The zero-order valence-corrected chi connectivity index (χ0v) is 18.2. The minimum absolute atomic E-state index is 0.0105. The molecule has 0 unspecified atom stereocenters. The first-order chi connectivity index (χ1) is 14.5. The molecule has 3 nitrogen and oxygen atoms in total. The number of methoxy groups -OCH3 is 2. The molecule has 0 spiro atoms. The quantitative estimate of drug-likeness (QED) is 0.722. The van der Waals surface area contributed by atoms with Crippen molar-refractivity contribution in [3.8, 4) is 11.5 Å². The van der Waals surface area contributed by atoms with E-state index in [9.17, 15) is 5.11 Å². The number of hydrogen-bond donors (Lipinski definition) is 1. The van der Waals surface area contributed by atoms with Crippen LogP contribution in [0.4, 0.5) is 0 Å². The Bertz CT molecular complexity index is 961. The molecule has 2 aromatic carbocycles. The first-order valence-electron chi connectivity index (χ1n) is 11.2. The highest BCUT2D eigenvalue weighted by Gasteiger charge is 2.56. The Balaban J connectivity index is 1.44. The van der Waals surface area contributed by atoms with Crippen LogP contribution in [0.2, 0.25) is 0 Å². The lowest BCUT2D eigenvalue weighted by molar-refractivity contribution is -0.0158. The van der Waals surface area contributed by atoms with Gasteiger partial charge in [-0.15, -0.1) is 0 Å². The highest BCUT2D eigenvalue weighted by atomic mass is 16.5. The second-order valence-electron chi connectivity index (χ2n) is 9.62. The van der Waals surface area contributed by atoms with Gasteiger partial charge in [0.25, 0.3) is 0 Å². The summed E-state index contributed by atoms with van der Waals surface area (Å²) in [6.07, 6.45) is 7.47. The van der Waals surface area contributed by atoms with Crippen molar-refractivity contribution < 1.29 is 14.6 Å². The van der Waals surface area contributed by atoms with Crippen molar-refractivity contribution in [2.24, 2.45) is 17.3 Å². The van der Waals surface area contributed by atoms with Crippen molar-refractivity contribution in [3.05, 3.63) is 64.7 Å². The Kier molecular flexibility index (Phi) is 4.89. The van der Waals surface area contributed by atoms with Crippen LogP contribution in [0.15, 0.2) is 48.0 Å². The third-order valence-corrected chi connectivity index (χ3v) is 8.27. The summed E-state index contributed by atoms with van der Waals surface area (Å²) in [5.41, 5.74) is 5.32. The van der Waals surface area contributed by atoms with E-state index in [1.807, 2.05) is 12.1 Å². The minimum Gasteiger partial charge on any atom is -0.497 e. The summed E-state index contributed by atoms with van der Waals surface area (Å²) >= 11 is 0. The molecule has 0 aliphatic heterocycles. The van der Waals surface area contributed by atoms with Crippen molar-refractivity contribution in [2.75, 3.05) is 14.2 Å². The van der Waals surface area contributed by atoms with E-state index in [-0.39, 0.29) is 11.5 Å². The smallest absolute Gasteiger partial charge is 0.119 e. The summed E-state index contributed by atoms with van der Waals surface area (Å²) in [6.45, 7) is 2.33. The topological polar surface area (TPSA) is 38.7 Å². The molecule has 5 atom stereocenters. The number of benzene rings is 2. The van der Waals surface area contributed by atoms with Crippen molar-refractivity contribution >= 4 is 6.08 Å². The van der Waals surface area contributed by atoms with E-state index in [4.69, 9.17) is 9.47 Å². The molecule has 3 aliphatic rings. The number of hydrogen-bond acceptors (Lipinski definition) is 3. The number of aliphatic hydroxyl groups is 1. The standard InChI is InChI=1S/C27H32O3/c1-27-13-12-23-22-11-9-21(30-3)15-18(22)6-10-24(23)25(27)16-19(26(27)28)14-17-4-7-20(29-2)8-5-17/h4-5,7-9,11,14-15,23-26,28H,6,10,12-13,16H2,1-3H3/b19-14+/t23-,24+,25+,26+,27-/m1/s1. The van der Waals surface area contributed by atoms with Crippen LogP contribution in [0.3, 0.4) is 0 Å². The molecule has 0 saturated heterocycles. The van der Waals surface area contributed by atoms with Crippen LogP contribution in [-0.4, -0.2) is 25.4 Å². The summed E-state index contributed by atoms with van der Waals surface area (Å²) in [5, 5.41) is 11.3. The van der Waals surface area contributed by atoms with Gasteiger partial charge in [0.1, 0.15) is 11.5 Å². The molecule has 2 saturated carbocycles. The minimum atomic E-state index is -0.345. The zero-order chi connectivity index (χ0) is 20.9. The molecular formula is C27H32O3. The van der Waals surface area contributed by atoms with Gasteiger partial charge < -0.3 is 14.6 Å². The predicted molar refractivity (Wildman–Crippen MR) is 120 cm³/mol. The molecule has 3 aliphatic carbocycles. The monoisotopic (exact) mass is 404 g/mol. The fourth-order valence-electron chi connectivity index (χ4n) is 6.60. The number of aryl methyl sites for hydroxylation is 1. The maximum atomic E-state index is 11.3. The third-order valence-electron chi connectivity index (χ3n) is 8.27. The van der Waals surface area contributed by atoms with Crippen LogP contribution in [0.25, 0.3) is 6.08 Å². The van der Waals surface area contributed by atoms with Crippen molar-refractivity contribution in [2.45, 2.75) is 51.0 Å². The molecule has 5 rings (SSSR count). The molecule has 30 heavy (non-hydrogen) atoms. The van der Waals surface area contributed by atoms with E-state index >= 15 is 0 Å². The van der Waals surface area contributed by atoms with Gasteiger partial charge in [-0.25, -0.2) is 0 Å². The Labute approximate surface area is 179 Å². The van der Waals surface area contributed by atoms with E-state index in [0.29, 0.717) is 17.8 Å². The van der Waals surface area contributed by atoms with E-state index in [2.05, 4.69) is 43.3 Å². The van der Waals surface area contributed by atoms with Gasteiger partial charge in [-0.2, -0.15) is 0 Å². The second kappa shape index (κ2) is 7.46. The summed E-state index contributed by atoms with van der Waals surface area (Å²) < 4.78 is 10.7. The third kappa shape index (κ3) is 3.06. The summed E-state index contributed by atoms with van der Waals surface area (Å²) in [5.74, 6) is 3.65. The largest absolute Gasteiger partial charge is 0.497 e. The highest BCUT2D eigenvalue weighted by Crippen LogP contribution is 2.62. The SMILES string of the molecule is COc1ccc(/C=C2\C[C@H]3[C@H]4CCc5cc(OC)ccc5[C@H]4CC[C@@]3(C)[C@H]2O)cc1. The summed E-state index contributed by atoms with van der Waals surface area (Å²) in [6, 6.07) is 14.8. The van der Waals surface area contributed by atoms with Gasteiger partial charge in [-0.05, 0) is 96.4 Å². The average Bonchev–Trinajstić information content (AvgIpc) is 3.04. The number of ether oxygens (including phenoxy) is 2. The van der Waals surface area contributed by atoms with Crippen LogP contribution >= 0.6 is 0 Å². The summed E-state index contributed by atoms with van der Waals surface area (Å²) in [7, 11) is 3.44. The molecule has 2 aromatic rings. The molecular weight excluding hydrogens is 372 g/mol. The van der Waals surface area contributed by atoms with Crippen molar-refractivity contribution in [3.63, 3.8) is 0 Å². The van der Waals surface area contributed by atoms with Crippen LogP contribution < -0.4 is 9.47 Å². The lowest BCUT2D eigenvalue weighted by Crippen LogP contribution is -2.44. The van der Waals surface area contributed by atoms with Gasteiger partial charge in [0.15, 0.2) is 0 Å². The molecule has 0 radical (unpaired) electrons. The van der Waals surface area contributed by atoms with E-state index in [1.165, 1.54) is 29.5 Å². The maximum Gasteiger partial charge on any atom is 0.119 e. The Morgan fingerprint density at radius 1 is 1.00 bits per heavy atom. The van der Waals surface area contributed by atoms with E-state index in [1.54, 1.807) is 14.2 Å². The predicted octanol–water partition coefficient (Wildman–Crippen LogP) is 5.61. The lowest BCUT2D eigenvalue weighted by atomic mass is 9.55. The Morgan fingerprint density at radius 2 is 1.73 bits per heavy atom. The van der Waals surface area contributed by atoms with Gasteiger partial charge in [-0.1, -0.05) is 31.2 Å². The highest BCUT2D eigenvalue weighted by molar-refractivity contribution is 5.56. The molecule has 0 aromatic heterocycles. The maximum absolute atomic E-state index is 11.3. The number of rotatable bonds is 3. The van der Waals surface area contributed by atoms with Crippen LogP contribution in [0.1, 0.15) is 55.2 Å². The van der Waals surface area contributed by atoms with E-state index < -0.39 is 0 Å². The number of fused-ring (bicyclic) bond motifs is 5. The van der Waals surface area contributed by atoms with Gasteiger partial charge in [0, 0.05) is 5.41 Å². The Morgan fingerprint density at radius 3 is 2.47 bits per heavy atom. The molecule has 0 amide bonds. The molecule has 0 bridgehead atoms. The van der Waals surface area contributed by atoms with Crippen molar-refractivity contribution in [1.29, 1.82) is 0 Å².